The van der Waals surface area contributed by atoms with E-state index >= 15 is 0 Å². The number of rotatable bonds is 36. The van der Waals surface area contributed by atoms with Crippen LogP contribution in [0.5, 0.6) is 0 Å². The van der Waals surface area contributed by atoms with Crippen LogP contribution in [-0.2, 0) is 23.9 Å². The third-order valence-electron chi connectivity index (χ3n) is 11.3. The highest BCUT2D eigenvalue weighted by atomic mass is 16.5. The monoisotopic (exact) mass is 797 g/mol. The molecule has 8 nitrogen and oxygen atoms in total. The summed E-state index contributed by atoms with van der Waals surface area (Å²) in [5.41, 5.74) is 0. The lowest BCUT2D eigenvalue weighted by Crippen LogP contribution is -2.47. The fraction of sp³-hybridized carbons (Fsp3) is 0.776. The SMILES string of the molecule is CCCCC/C=C\C/C=C\CCCCCCCCOC(=O)C1CC(OC(=O)CCN2CC(CCO)C2)CN1C(=O)CCCCCCC/C=C\C/C=C\CCCCC. The summed E-state index contributed by atoms with van der Waals surface area (Å²) in [5, 5.41) is 9.13. The second-order valence-electron chi connectivity index (χ2n) is 16.5. The first kappa shape index (κ1) is 50.4. The summed E-state index contributed by atoms with van der Waals surface area (Å²) in [6.45, 7) is 7.71. The number of allylic oxidation sites excluding steroid dienone is 8. The fourth-order valence-corrected chi connectivity index (χ4v) is 7.69. The molecule has 8 heteroatoms. The Labute approximate surface area is 349 Å². The van der Waals surface area contributed by atoms with Gasteiger partial charge in [-0.1, -0.05) is 133 Å². The molecule has 1 amide bonds. The Morgan fingerprint density at radius 1 is 0.614 bits per heavy atom. The molecule has 0 radical (unpaired) electrons. The molecule has 0 saturated carbocycles. The van der Waals surface area contributed by atoms with Crippen LogP contribution in [0.15, 0.2) is 48.6 Å². The Morgan fingerprint density at radius 2 is 1.12 bits per heavy atom. The zero-order valence-corrected chi connectivity index (χ0v) is 36.6. The number of esters is 2. The minimum absolute atomic E-state index is 0.0506. The first-order chi connectivity index (χ1) is 28.0. The number of aliphatic hydroxyl groups excluding tert-OH is 1. The Bertz CT molecular complexity index is 1140. The highest BCUT2D eigenvalue weighted by Gasteiger charge is 2.42. The van der Waals surface area contributed by atoms with E-state index in [1.165, 1.54) is 70.6 Å². The minimum Gasteiger partial charge on any atom is -0.464 e. The van der Waals surface area contributed by atoms with Crippen LogP contribution >= 0.6 is 0 Å². The van der Waals surface area contributed by atoms with Crippen molar-refractivity contribution in [3.63, 3.8) is 0 Å². The molecule has 2 fully saturated rings. The van der Waals surface area contributed by atoms with E-state index in [-0.39, 0.29) is 37.4 Å². The molecule has 0 spiro atoms. The highest BCUT2D eigenvalue weighted by Crippen LogP contribution is 2.25. The summed E-state index contributed by atoms with van der Waals surface area (Å²) >= 11 is 0. The summed E-state index contributed by atoms with van der Waals surface area (Å²) < 4.78 is 11.5. The topological polar surface area (TPSA) is 96.4 Å². The quantitative estimate of drug-likeness (QED) is 0.0383. The first-order valence-corrected chi connectivity index (χ1v) is 23.6. The van der Waals surface area contributed by atoms with Gasteiger partial charge in [0.25, 0.3) is 0 Å². The number of aliphatic hydroxyl groups is 1. The zero-order valence-electron chi connectivity index (χ0n) is 36.6. The Balaban J connectivity index is 1.66. The number of nitrogens with zero attached hydrogens (tertiary/aromatic N) is 2. The molecule has 326 valence electrons. The molecule has 2 aliphatic heterocycles. The summed E-state index contributed by atoms with van der Waals surface area (Å²) in [5.74, 6) is -0.214. The van der Waals surface area contributed by atoms with E-state index in [1.807, 2.05) is 0 Å². The predicted molar refractivity (Wildman–Crippen MR) is 236 cm³/mol. The first-order valence-electron chi connectivity index (χ1n) is 23.6. The number of ether oxygens (including phenoxy) is 2. The van der Waals surface area contributed by atoms with Crippen molar-refractivity contribution in [2.75, 3.05) is 39.4 Å². The Hall–Kier alpha value is -2.71. The molecule has 0 aliphatic carbocycles. The molecule has 2 saturated heterocycles. The van der Waals surface area contributed by atoms with Crippen LogP contribution < -0.4 is 0 Å². The number of hydrogen-bond donors (Lipinski definition) is 1. The summed E-state index contributed by atoms with van der Waals surface area (Å²) in [6.07, 6.45) is 45.7. The molecule has 0 aromatic carbocycles. The molecule has 2 unspecified atom stereocenters. The van der Waals surface area contributed by atoms with E-state index in [2.05, 4.69) is 67.4 Å². The average molecular weight is 797 g/mol. The fourth-order valence-electron chi connectivity index (χ4n) is 7.69. The van der Waals surface area contributed by atoms with Crippen LogP contribution in [0.4, 0.5) is 0 Å². The van der Waals surface area contributed by atoms with Crippen LogP contribution in [0.25, 0.3) is 0 Å². The van der Waals surface area contributed by atoms with Crippen LogP contribution in [0, 0.1) is 5.92 Å². The second kappa shape index (κ2) is 35.3. The van der Waals surface area contributed by atoms with E-state index in [0.29, 0.717) is 31.9 Å². The highest BCUT2D eigenvalue weighted by molar-refractivity contribution is 5.85. The van der Waals surface area contributed by atoms with Crippen molar-refractivity contribution < 1.29 is 29.0 Å². The maximum absolute atomic E-state index is 13.4. The van der Waals surface area contributed by atoms with Crippen LogP contribution in [0.3, 0.4) is 0 Å². The van der Waals surface area contributed by atoms with Crippen molar-refractivity contribution >= 4 is 17.8 Å². The molecule has 0 aromatic rings. The standard InChI is InChI=1S/C49H84N2O6/c1-3-5-7-9-11-13-15-17-19-21-23-25-27-29-31-33-39-56-49(55)46-40-45(57-48(54)35-37-50-41-44(42-50)36-38-52)43-51(46)47(53)34-32-30-28-26-24-22-20-18-16-14-12-10-8-6-4-2/h11-14,17-20,44-46,52H,3-10,15-16,21-43H2,1-2H3/b13-11-,14-12-,19-17-,20-18-. The molecule has 57 heavy (non-hydrogen) atoms. The molecule has 2 atom stereocenters. The number of carbonyl (C=O) groups is 3. The molecule has 2 aliphatic rings. The van der Waals surface area contributed by atoms with Gasteiger partial charge < -0.3 is 24.4 Å². The number of hydrogen-bond acceptors (Lipinski definition) is 7. The number of likely N-dealkylation sites (tertiary alicyclic amines) is 2. The molecular formula is C49H84N2O6. The van der Waals surface area contributed by atoms with Crippen molar-refractivity contribution in [1.29, 1.82) is 0 Å². The van der Waals surface area contributed by atoms with Crippen molar-refractivity contribution in [1.82, 2.24) is 9.80 Å². The molecule has 2 heterocycles. The number of unbranched alkanes of at least 4 members (excludes halogenated alkanes) is 17. The predicted octanol–water partition coefficient (Wildman–Crippen LogP) is 11.4. The van der Waals surface area contributed by atoms with E-state index in [0.717, 1.165) is 96.6 Å². The zero-order chi connectivity index (χ0) is 41.0. The van der Waals surface area contributed by atoms with Crippen LogP contribution in [0.2, 0.25) is 0 Å². The van der Waals surface area contributed by atoms with E-state index in [1.54, 1.807) is 4.90 Å². The van der Waals surface area contributed by atoms with Gasteiger partial charge in [0.1, 0.15) is 12.1 Å². The van der Waals surface area contributed by atoms with Crippen molar-refractivity contribution in [3.8, 4) is 0 Å². The van der Waals surface area contributed by atoms with Gasteiger partial charge in [0.2, 0.25) is 5.91 Å². The van der Waals surface area contributed by atoms with Gasteiger partial charge in [-0.25, -0.2) is 4.79 Å². The molecule has 1 N–H and O–H groups in total. The van der Waals surface area contributed by atoms with Crippen LogP contribution in [0.1, 0.15) is 187 Å². The van der Waals surface area contributed by atoms with Crippen molar-refractivity contribution in [2.45, 2.75) is 199 Å². The lowest BCUT2D eigenvalue weighted by atomic mass is 9.97. The number of amides is 1. The maximum Gasteiger partial charge on any atom is 0.329 e. The van der Waals surface area contributed by atoms with Gasteiger partial charge in [-0.3, -0.25) is 9.59 Å². The van der Waals surface area contributed by atoms with E-state index in [9.17, 15) is 14.4 Å². The smallest absolute Gasteiger partial charge is 0.329 e. The van der Waals surface area contributed by atoms with E-state index < -0.39 is 12.1 Å². The van der Waals surface area contributed by atoms with Crippen LogP contribution in [-0.4, -0.2) is 84.3 Å². The molecular weight excluding hydrogens is 713 g/mol. The third kappa shape index (κ3) is 26.1. The second-order valence-corrected chi connectivity index (χ2v) is 16.5. The summed E-state index contributed by atoms with van der Waals surface area (Å²) in [7, 11) is 0. The van der Waals surface area contributed by atoms with Gasteiger partial charge in [0.05, 0.1) is 19.6 Å². The van der Waals surface area contributed by atoms with Gasteiger partial charge in [0.15, 0.2) is 0 Å². The average Bonchev–Trinajstić information content (AvgIpc) is 3.62. The Kier molecular flexibility index (Phi) is 31.2. The molecule has 2 rings (SSSR count). The maximum atomic E-state index is 13.4. The van der Waals surface area contributed by atoms with Gasteiger partial charge >= 0.3 is 11.9 Å². The normalized spacial score (nSPS) is 17.8. The minimum atomic E-state index is -0.701. The lowest BCUT2D eigenvalue weighted by molar-refractivity contribution is -0.153. The third-order valence-corrected chi connectivity index (χ3v) is 11.3. The van der Waals surface area contributed by atoms with Gasteiger partial charge in [-0.15, -0.1) is 0 Å². The number of carbonyl (C=O) groups excluding carboxylic acids is 3. The Morgan fingerprint density at radius 3 is 1.67 bits per heavy atom. The van der Waals surface area contributed by atoms with Crippen molar-refractivity contribution in [3.05, 3.63) is 48.6 Å². The van der Waals surface area contributed by atoms with Crippen molar-refractivity contribution in [2.24, 2.45) is 5.92 Å². The van der Waals surface area contributed by atoms with Gasteiger partial charge in [-0.2, -0.15) is 0 Å². The lowest BCUT2D eigenvalue weighted by Gasteiger charge is -2.38. The van der Waals surface area contributed by atoms with E-state index in [4.69, 9.17) is 14.6 Å². The largest absolute Gasteiger partial charge is 0.464 e. The molecule has 0 bridgehead atoms. The van der Waals surface area contributed by atoms with Gasteiger partial charge in [0, 0.05) is 39.1 Å². The summed E-state index contributed by atoms with van der Waals surface area (Å²) in [4.78, 5) is 43.3. The summed E-state index contributed by atoms with van der Waals surface area (Å²) in [6, 6.07) is -0.701. The van der Waals surface area contributed by atoms with Gasteiger partial charge in [-0.05, 0) is 89.4 Å². The molecule has 0 aromatic heterocycles.